The number of nitrogens with one attached hydrogen (secondary N) is 1. The molecule has 2 aliphatic rings. The third-order valence-electron chi connectivity index (χ3n) is 4.59. The first-order chi connectivity index (χ1) is 10.1. The minimum Gasteiger partial charge on any atom is -0.481 e. The highest BCUT2D eigenvalue weighted by molar-refractivity contribution is 5.78. The highest BCUT2D eigenvalue weighted by Crippen LogP contribution is 2.30. The fourth-order valence-corrected chi connectivity index (χ4v) is 2.85. The lowest BCUT2D eigenvalue weighted by Gasteiger charge is -2.36. The molecular formula is C14H25N3O4. The summed E-state index contributed by atoms with van der Waals surface area (Å²) in [6, 6.07) is -0.155. The van der Waals surface area contributed by atoms with Crippen LogP contribution in [0.25, 0.3) is 0 Å². The molecule has 2 fully saturated rings. The van der Waals surface area contributed by atoms with Gasteiger partial charge in [-0.15, -0.1) is 0 Å². The van der Waals surface area contributed by atoms with Crippen molar-refractivity contribution in [2.45, 2.75) is 19.8 Å². The third-order valence-corrected chi connectivity index (χ3v) is 4.59. The predicted octanol–water partition coefficient (Wildman–Crippen LogP) is 0.215. The van der Waals surface area contributed by atoms with Crippen LogP contribution in [-0.4, -0.2) is 79.4 Å². The van der Waals surface area contributed by atoms with E-state index in [4.69, 9.17) is 4.74 Å². The van der Waals surface area contributed by atoms with Crippen molar-refractivity contribution >= 4 is 12.0 Å². The molecule has 0 aromatic carbocycles. The van der Waals surface area contributed by atoms with Crippen LogP contribution in [0, 0.1) is 5.41 Å². The fraction of sp³-hybridized carbons (Fsp3) is 0.857. The number of amides is 2. The number of ether oxygens (including phenoxy) is 1. The van der Waals surface area contributed by atoms with Crippen molar-refractivity contribution in [3.63, 3.8) is 0 Å². The van der Waals surface area contributed by atoms with Crippen molar-refractivity contribution < 1.29 is 19.4 Å². The molecule has 2 rings (SSSR count). The van der Waals surface area contributed by atoms with Crippen LogP contribution >= 0.6 is 0 Å². The largest absolute Gasteiger partial charge is 0.481 e. The number of carbonyl (C=O) groups is 2. The molecule has 2 N–H and O–H groups in total. The molecule has 0 saturated carbocycles. The number of rotatable bonds is 4. The van der Waals surface area contributed by atoms with E-state index in [2.05, 4.69) is 17.1 Å². The number of piperazine rings is 1. The zero-order valence-electron chi connectivity index (χ0n) is 12.6. The van der Waals surface area contributed by atoms with Crippen LogP contribution in [0.4, 0.5) is 4.79 Å². The van der Waals surface area contributed by atoms with E-state index in [9.17, 15) is 14.7 Å². The molecule has 0 aromatic heterocycles. The zero-order valence-corrected chi connectivity index (χ0v) is 12.6. The Morgan fingerprint density at radius 3 is 2.33 bits per heavy atom. The molecule has 0 aliphatic carbocycles. The quantitative estimate of drug-likeness (QED) is 0.776. The molecular weight excluding hydrogens is 274 g/mol. The Kier molecular flexibility index (Phi) is 5.41. The maximum Gasteiger partial charge on any atom is 0.317 e. The summed E-state index contributed by atoms with van der Waals surface area (Å²) in [5.41, 5.74) is -0.876. The van der Waals surface area contributed by atoms with Gasteiger partial charge in [-0.05, 0) is 19.4 Å². The standard InChI is InChI=1S/C14H25N3O4/c1-2-16-5-7-17(8-6-16)13(20)15-11-14(12(18)19)3-9-21-10-4-14/h2-11H2,1H3,(H,15,20)(H,18,19). The van der Waals surface area contributed by atoms with Crippen LogP contribution in [0.2, 0.25) is 0 Å². The second-order valence-corrected chi connectivity index (χ2v) is 5.78. The number of urea groups is 1. The van der Waals surface area contributed by atoms with Gasteiger partial charge in [-0.1, -0.05) is 6.92 Å². The van der Waals surface area contributed by atoms with Gasteiger partial charge in [0, 0.05) is 45.9 Å². The van der Waals surface area contributed by atoms with Gasteiger partial charge in [0.05, 0.1) is 5.41 Å². The number of carboxylic acids is 1. The second kappa shape index (κ2) is 7.09. The lowest BCUT2D eigenvalue weighted by atomic mass is 9.80. The Balaban J connectivity index is 1.83. The maximum atomic E-state index is 12.2. The normalized spacial score (nSPS) is 22.8. The van der Waals surface area contributed by atoms with Crippen LogP contribution in [0.1, 0.15) is 19.8 Å². The summed E-state index contributed by atoms with van der Waals surface area (Å²) in [5, 5.41) is 12.3. The number of likely N-dealkylation sites (N-methyl/N-ethyl adjacent to an activating group) is 1. The Bertz CT molecular complexity index is 374. The molecule has 0 radical (unpaired) electrons. The van der Waals surface area contributed by atoms with Crippen molar-refractivity contribution in [2.24, 2.45) is 5.41 Å². The fourth-order valence-electron chi connectivity index (χ4n) is 2.85. The molecule has 21 heavy (non-hydrogen) atoms. The van der Waals surface area contributed by atoms with Crippen LogP contribution in [0.5, 0.6) is 0 Å². The van der Waals surface area contributed by atoms with Crippen molar-refractivity contribution in [1.82, 2.24) is 15.1 Å². The molecule has 2 saturated heterocycles. The van der Waals surface area contributed by atoms with E-state index >= 15 is 0 Å². The second-order valence-electron chi connectivity index (χ2n) is 5.78. The van der Waals surface area contributed by atoms with Crippen molar-refractivity contribution in [1.29, 1.82) is 0 Å². The molecule has 0 unspecified atom stereocenters. The Morgan fingerprint density at radius 2 is 1.81 bits per heavy atom. The molecule has 0 spiro atoms. The minimum absolute atomic E-state index is 0.155. The van der Waals surface area contributed by atoms with Gasteiger partial charge in [0.1, 0.15) is 0 Å². The predicted molar refractivity (Wildman–Crippen MR) is 77.2 cm³/mol. The van der Waals surface area contributed by atoms with E-state index in [-0.39, 0.29) is 12.6 Å². The summed E-state index contributed by atoms with van der Waals surface area (Å²) in [4.78, 5) is 27.8. The SMILES string of the molecule is CCN1CCN(C(=O)NCC2(C(=O)O)CCOCC2)CC1. The lowest BCUT2D eigenvalue weighted by molar-refractivity contribution is -0.154. The summed E-state index contributed by atoms with van der Waals surface area (Å²) >= 11 is 0. The van der Waals surface area contributed by atoms with E-state index in [1.807, 2.05) is 0 Å². The van der Waals surface area contributed by atoms with Gasteiger partial charge in [-0.25, -0.2) is 4.79 Å². The summed E-state index contributed by atoms with van der Waals surface area (Å²) in [7, 11) is 0. The number of aliphatic carboxylic acids is 1. The van der Waals surface area contributed by atoms with Crippen molar-refractivity contribution in [3.8, 4) is 0 Å². The summed E-state index contributed by atoms with van der Waals surface area (Å²) in [6.45, 7) is 7.32. The van der Waals surface area contributed by atoms with E-state index < -0.39 is 11.4 Å². The molecule has 2 amide bonds. The highest BCUT2D eigenvalue weighted by Gasteiger charge is 2.40. The smallest absolute Gasteiger partial charge is 0.317 e. The Hall–Kier alpha value is -1.34. The number of hydrogen-bond acceptors (Lipinski definition) is 4. The van der Waals surface area contributed by atoms with Crippen molar-refractivity contribution in [3.05, 3.63) is 0 Å². The average Bonchev–Trinajstić information content (AvgIpc) is 2.53. The van der Waals surface area contributed by atoms with Crippen LogP contribution in [-0.2, 0) is 9.53 Å². The summed E-state index contributed by atoms with van der Waals surface area (Å²) in [5.74, 6) is -0.845. The van der Waals surface area contributed by atoms with Crippen molar-refractivity contribution in [2.75, 3.05) is 52.5 Å². The summed E-state index contributed by atoms with van der Waals surface area (Å²) < 4.78 is 5.23. The van der Waals surface area contributed by atoms with E-state index in [0.717, 1.165) is 19.6 Å². The highest BCUT2D eigenvalue weighted by atomic mass is 16.5. The topological polar surface area (TPSA) is 82.1 Å². The van der Waals surface area contributed by atoms with Crippen LogP contribution in [0.15, 0.2) is 0 Å². The number of carbonyl (C=O) groups excluding carboxylic acids is 1. The molecule has 0 atom stereocenters. The molecule has 120 valence electrons. The van der Waals surface area contributed by atoms with E-state index in [0.29, 0.717) is 39.1 Å². The third kappa shape index (κ3) is 3.85. The first kappa shape index (κ1) is 16.0. The molecule has 0 aromatic rings. The minimum atomic E-state index is -0.876. The molecule has 7 heteroatoms. The monoisotopic (exact) mass is 299 g/mol. The van der Waals surface area contributed by atoms with Gasteiger partial charge in [0.25, 0.3) is 0 Å². The average molecular weight is 299 g/mol. The van der Waals surface area contributed by atoms with E-state index in [1.54, 1.807) is 4.90 Å². The van der Waals surface area contributed by atoms with Gasteiger partial charge in [-0.3, -0.25) is 4.79 Å². The maximum absolute atomic E-state index is 12.2. The van der Waals surface area contributed by atoms with E-state index in [1.165, 1.54) is 0 Å². The molecule has 0 bridgehead atoms. The zero-order chi connectivity index (χ0) is 15.3. The van der Waals surface area contributed by atoms with Gasteiger partial charge in [-0.2, -0.15) is 0 Å². The van der Waals surface area contributed by atoms with Gasteiger partial charge in [0.2, 0.25) is 0 Å². The van der Waals surface area contributed by atoms with Crippen LogP contribution in [0.3, 0.4) is 0 Å². The Morgan fingerprint density at radius 1 is 1.19 bits per heavy atom. The summed E-state index contributed by atoms with van der Waals surface area (Å²) in [6.07, 6.45) is 0.901. The Labute approximate surface area is 125 Å². The molecule has 7 nitrogen and oxygen atoms in total. The molecule has 2 aliphatic heterocycles. The lowest BCUT2D eigenvalue weighted by Crippen LogP contribution is -2.54. The van der Waals surface area contributed by atoms with Crippen LogP contribution < -0.4 is 5.32 Å². The first-order valence-corrected chi connectivity index (χ1v) is 7.64. The number of nitrogens with zero attached hydrogens (tertiary/aromatic N) is 2. The number of hydrogen-bond donors (Lipinski definition) is 2. The van der Waals surface area contributed by atoms with Gasteiger partial charge >= 0.3 is 12.0 Å². The molecule has 2 heterocycles. The first-order valence-electron chi connectivity index (χ1n) is 7.64. The van der Waals surface area contributed by atoms with Gasteiger partial charge in [0.15, 0.2) is 0 Å². The number of carboxylic acid groups (broad SMARTS) is 1. The van der Waals surface area contributed by atoms with Gasteiger partial charge < -0.3 is 25.0 Å².